The van der Waals surface area contributed by atoms with Crippen LogP contribution in [0.3, 0.4) is 0 Å². The van der Waals surface area contributed by atoms with Gasteiger partial charge in [-0.1, -0.05) is 6.07 Å². The molecular weight excluding hydrogens is 243 g/mol. The lowest BCUT2D eigenvalue weighted by Gasteiger charge is -2.08. The molecule has 0 atom stereocenters. The van der Waals surface area contributed by atoms with Gasteiger partial charge in [0.1, 0.15) is 24.0 Å². The summed E-state index contributed by atoms with van der Waals surface area (Å²) in [6.45, 7) is 4.93. The number of nitrogens with one attached hydrogen (secondary N) is 1. The van der Waals surface area contributed by atoms with Crippen molar-refractivity contribution in [2.24, 2.45) is 0 Å². The van der Waals surface area contributed by atoms with Crippen molar-refractivity contribution in [2.75, 3.05) is 11.9 Å². The smallest absolute Gasteiger partial charge is 0.130 e. The van der Waals surface area contributed by atoms with Crippen LogP contribution < -0.4 is 10.1 Å². The summed E-state index contributed by atoms with van der Waals surface area (Å²) in [5.41, 5.74) is 1.41. The van der Waals surface area contributed by atoms with Crippen LogP contribution in [0.25, 0.3) is 0 Å². The third-order valence-electron chi connectivity index (χ3n) is 2.68. The molecule has 0 bridgehead atoms. The molecule has 0 fully saturated rings. The standard InChI is InChI=1S/C15H17FN2O/c1-3-17-15-6-4-5-12(18-15)10-19-13-7-8-14(16)11(2)9-13/h4-9H,3,10H2,1-2H3,(H,17,18). The van der Waals surface area contributed by atoms with Crippen LogP contribution in [-0.2, 0) is 6.61 Å². The lowest BCUT2D eigenvalue weighted by molar-refractivity contribution is 0.301. The molecule has 2 rings (SSSR count). The summed E-state index contributed by atoms with van der Waals surface area (Å²) in [5, 5.41) is 3.15. The van der Waals surface area contributed by atoms with E-state index in [1.54, 1.807) is 19.1 Å². The summed E-state index contributed by atoms with van der Waals surface area (Å²) < 4.78 is 18.7. The third kappa shape index (κ3) is 3.68. The SMILES string of the molecule is CCNc1cccc(COc2ccc(F)c(C)c2)n1. The number of aryl methyl sites for hydroxylation is 1. The van der Waals surface area contributed by atoms with E-state index in [-0.39, 0.29) is 5.82 Å². The number of nitrogens with zero attached hydrogens (tertiary/aromatic N) is 1. The summed E-state index contributed by atoms with van der Waals surface area (Å²) in [6, 6.07) is 10.5. The predicted molar refractivity (Wildman–Crippen MR) is 73.9 cm³/mol. The summed E-state index contributed by atoms with van der Waals surface area (Å²) in [7, 11) is 0. The Kier molecular flexibility index (Phi) is 4.34. The fourth-order valence-corrected chi connectivity index (χ4v) is 1.70. The Labute approximate surface area is 112 Å². The Morgan fingerprint density at radius 2 is 2.11 bits per heavy atom. The van der Waals surface area contributed by atoms with Gasteiger partial charge in [-0.25, -0.2) is 9.37 Å². The molecule has 0 saturated heterocycles. The van der Waals surface area contributed by atoms with Crippen molar-refractivity contribution < 1.29 is 9.13 Å². The second-order valence-electron chi connectivity index (χ2n) is 4.24. The van der Waals surface area contributed by atoms with Gasteiger partial charge in [-0.2, -0.15) is 0 Å². The molecule has 1 aromatic heterocycles. The normalized spacial score (nSPS) is 10.3. The maximum absolute atomic E-state index is 13.1. The first-order chi connectivity index (χ1) is 9.19. The van der Waals surface area contributed by atoms with Gasteiger partial charge in [-0.3, -0.25) is 0 Å². The molecule has 2 aromatic rings. The van der Waals surface area contributed by atoms with Gasteiger partial charge in [0.05, 0.1) is 5.69 Å². The first-order valence-corrected chi connectivity index (χ1v) is 6.28. The van der Waals surface area contributed by atoms with E-state index in [4.69, 9.17) is 4.74 Å². The second-order valence-corrected chi connectivity index (χ2v) is 4.24. The van der Waals surface area contributed by atoms with Crippen molar-refractivity contribution in [2.45, 2.75) is 20.5 Å². The fourth-order valence-electron chi connectivity index (χ4n) is 1.70. The Morgan fingerprint density at radius 3 is 2.84 bits per heavy atom. The molecule has 3 nitrogen and oxygen atoms in total. The average Bonchev–Trinajstić information content (AvgIpc) is 2.41. The highest BCUT2D eigenvalue weighted by atomic mass is 19.1. The maximum Gasteiger partial charge on any atom is 0.130 e. The molecule has 0 spiro atoms. The van der Waals surface area contributed by atoms with E-state index in [1.165, 1.54) is 6.07 Å². The van der Waals surface area contributed by atoms with E-state index in [0.717, 1.165) is 18.1 Å². The molecule has 19 heavy (non-hydrogen) atoms. The molecule has 0 radical (unpaired) electrons. The first kappa shape index (κ1) is 13.3. The van der Waals surface area contributed by atoms with Crippen molar-refractivity contribution in [3.8, 4) is 5.75 Å². The van der Waals surface area contributed by atoms with Gasteiger partial charge in [0.15, 0.2) is 0 Å². The van der Waals surface area contributed by atoms with Gasteiger partial charge < -0.3 is 10.1 Å². The van der Waals surface area contributed by atoms with E-state index in [0.29, 0.717) is 17.9 Å². The summed E-state index contributed by atoms with van der Waals surface area (Å²) in [6.07, 6.45) is 0. The highest BCUT2D eigenvalue weighted by molar-refractivity contribution is 5.35. The quantitative estimate of drug-likeness (QED) is 0.892. The van der Waals surface area contributed by atoms with E-state index in [2.05, 4.69) is 10.3 Å². The molecule has 1 aromatic carbocycles. The molecular formula is C15H17FN2O. The number of benzene rings is 1. The molecule has 1 heterocycles. The molecule has 1 N–H and O–H groups in total. The largest absolute Gasteiger partial charge is 0.487 e. The van der Waals surface area contributed by atoms with Crippen LogP contribution in [0.2, 0.25) is 0 Å². The topological polar surface area (TPSA) is 34.1 Å². The number of hydrogen-bond acceptors (Lipinski definition) is 3. The minimum absolute atomic E-state index is 0.223. The van der Waals surface area contributed by atoms with Gasteiger partial charge >= 0.3 is 0 Å². The van der Waals surface area contributed by atoms with E-state index >= 15 is 0 Å². The van der Waals surface area contributed by atoms with E-state index in [1.807, 2.05) is 25.1 Å². The summed E-state index contributed by atoms with van der Waals surface area (Å²) in [5.74, 6) is 1.26. The zero-order chi connectivity index (χ0) is 13.7. The number of hydrogen-bond donors (Lipinski definition) is 1. The predicted octanol–water partition coefficient (Wildman–Crippen LogP) is 3.54. The summed E-state index contributed by atoms with van der Waals surface area (Å²) in [4.78, 5) is 4.41. The molecule has 0 aliphatic carbocycles. The van der Waals surface area contributed by atoms with E-state index < -0.39 is 0 Å². The zero-order valence-electron chi connectivity index (χ0n) is 11.1. The van der Waals surface area contributed by atoms with E-state index in [9.17, 15) is 4.39 Å². The fraction of sp³-hybridized carbons (Fsp3) is 0.267. The Hall–Kier alpha value is -2.10. The van der Waals surface area contributed by atoms with Crippen LogP contribution in [0.1, 0.15) is 18.2 Å². The molecule has 100 valence electrons. The molecule has 0 aliphatic rings. The molecule has 0 unspecified atom stereocenters. The first-order valence-electron chi connectivity index (χ1n) is 6.28. The van der Waals surface area contributed by atoms with Crippen molar-refractivity contribution >= 4 is 5.82 Å². The van der Waals surface area contributed by atoms with Crippen LogP contribution in [-0.4, -0.2) is 11.5 Å². The molecule has 0 amide bonds. The van der Waals surface area contributed by atoms with Crippen molar-refractivity contribution in [1.82, 2.24) is 4.98 Å². The highest BCUT2D eigenvalue weighted by Gasteiger charge is 2.02. The minimum Gasteiger partial charge on any atom is -0.487 e. The Balaban J connectivity index is 2.01. The van der Waals surface area contributed by atoms with Crippen molar-refractivity contribution in [1.29, 1.82) is 0 Å². The lowest BCUT2D eigenvalue weighted by Crippen LogP contribution is -2.03. The van der Waals surface area contributed by atoms with Gasteiger partial charge in [-0.05, 0) is 49.7 Å². The highest BCUT2D eigenvalue weighted by Crippen LogP contribution is 2.17. The van der Waals surface area contributed by atoms with Crippen LogP contribution in [0, 0.1) is 12.7 Å². The number of halogens is 1. The second kappa shape index (κ2) is 6.18. The zero-order valence-corrected chi connectivity index (χ0v) is 11.1. The van der Waals surface area contributed by atoms with Crippen LogP contribution in [0.15, 0.2) is 36.4 Å². The van der Waals surface area contributed by atoms with Crippen molar-refractivity contribution in [3.05, 3.63) is 53.5 Å². The number of pyridine rings is 1. The number of anilines is 1. The maximum atomic E-state index is 13.1. The van der Waals surface area contributed by atoms with Gasteiger partial charge in [-0.15, -0.1) is 0 Å². The number of rotatable bonds is 5. The monoisotopic (exact) mass is 260 g/mol. The van der Waals surface area contributed by atoms with Crippen molar-refractivity contribution in [3.63, 3.8) is 0 Å². The lowest BCUT2D eigenvalue weighted by atomic mass is 10.2. The number of ether oxygens (including phenoxy) is 1. The van der Waals surface area contributed by atoms with Gasteiger partial charge in [0, 0.05) is 6.54 Å². The molecule has 4 heteroatoms. The van der Waals surface area contributed by atoms with Gasteiger partial charge in [0.25, 0.3) is 0 Å². The number of aromatic nitrogens is 1. The van der Waals surface area contributed by atoms with Crippen LogP contribution in [0.4, 0.5) is 10.2 Å². The van der Waals surface area contributed by atoms with Crippen LogP contribution in [0.5, 0.6) is 5.75 Å². The summed E-state index contributed by atoms with van der Waals surface area (Å²) >= 11 is 0. The third-order valence-corrected chi connectivity index (χ3v) is 2.68. The molecule has 0 saturated carbocycles. The average molecular weight is 260 g/mol. The Bertz CT molecular complexity index is 558. The Morgan fingerprint density at radius 1 is 1.26 bits per heavy atom. The van der Waals surface area contributed by atoms with Crippen LogP contribution >= 0.6 is 0 Å². The van der Waals surface area contributed by atoms with Gasteiger partial charge in [0.2, 0.25) is 0 Å². The minimum atomic E-state index is -0.223. The molecule has 0 aliphatic heterocycles.